The summed E-state index contributed by atoms with van der Waals surface area (Å²) < 4.78 is 0. The van der Waals surface area contributed by atoms with E-state index in [-0.39, 0.29) is 18.4 Å². The van der Waals surface area contributed by atoms with Crippen LogP contribution in [0.2, 0.25) is 0 Å². The number of hydrogen-bond acceptors (Lipinski definition) is 4. The third-order valence-electron chi connectivity index (χ3n) is 5.83. The van der Waals surface area contributed by atoms with E-state index in [0.717, 1.165) is 18.4 Å². The van der Waals surface area contributed by atoms with Crippen LogP contribution in [0, 0.1) is 18.3 Å². The van der Waals surface area contributed by atoms with Crippen LogP contribution >= 0.6 is 0 Å². The highest BCUT2D eigenvalue weighted by Gasteiger charge is 2.55. The molecular weight excluding hydrogens is 330 g/mol. The van der Waals surface area contributed by atoms with E-state index in [1.54, 1.807) is 18.0 Å². The van der Waals surface area contributed by atoms with Gasteiger partial charge in [0.2, 0.25) is 0 Å². The first-order valence-corrected chi connectivity index (χ1v) is 8.93. The molecule has 6 heteroatoms. The van der Waals surface area contributed by atoms with Gasteiger partial charge in [-0.05, 0) is 25.7 Å². The summed E-state index contributed by atoms with van der Waals surface area (Å²) in [7, 11) is 0. The van der Waals surface area contributed by atoms with Crippen molar-refractivity contribution >= 4 is 11.9 Å². The number of hydrogen-bond donors (Lipinski definition) is 1. The number of aryl methyl sites for hydroxylation is 1. The largest absolute Gasteiger partial charge is 0.481 e. The number of amides is 1. The van der Waals surface area contributed by atoms with Crippen molar-refractivity contribution in [2.75, 3.05) is 13.1 Å². The van der Waals surface area contributed by atoms with Crippen molar-refractivity contribution in [2.45, 2.75) is 26.2 Å². The van der Waals surface area contributed by atoms with Crippen molar-refractivity contribution in [1.29, 1.82) is 0 Å². The Hall–Kier alpha value is -2.76. The average molecular weight is 351 g/mol. The molecule has 26 heavy (non-hydrogen) atoms. The molecule has 0 radical (unpaired) electrons. The molecule has 2 aliphatic rings. The van der Waals surface area contributed by atoms with Gasteiger partial charge in [-0.1, -0.05) is 36.8 Å². The third kappa shape index (κ3) is 2.57. The Labute approximate surface area is 151 Å². The van der Waals surface area contributed by atoms with Crippen LogP contribution in [0.25, 0.3) is 11.4 Å². The van der Waals surface area contributed by atoms with Crippen LogP contribution in [0.15, 0.2) is 36.5 Å². The number of carbonyl (C=O) groups excluding carboxylic acids is 1. The second-order valence-corrected chi connectivity index (χ2v) is 7.29. The Bertz CT molecular complexity index is 868. The molecule has 1 saturated carbocycles. The molecular formula is C20H21N3O3. The fraction of sp³-hybridized carbons (Fsp3) is 0.400. The van der Waals surface area contributed by atoms with Gasteiger partial charge in [0.25, 0.3) is 5.91 Å². The van der Waals surface area contributed by atoms with Crippen molar-refractivity contribution in [3.05, 3.63) is 47.8 Å². The Morgan fingerprint density at radius 2 is 2.04 bits per heavy atom. The highest BCUT2D eigenvalue weighted by molar-refractivity contribution is 5.96. The maximum Gasteiger partial charge on any atom is 0.311 e. The van der Waals surface area contributed by atoms with E-state index in [1.165, 1.54) is 0 Å². The Balaban J connectivity index is 1.59. The molecule has 4 rings (SSSR count). The minimum Gasteiger partial charge on any atom is -0.481 e. The molecule has 2 aromatic rings. The number of aliphatic carboxylic acids is 1. The molecule has 0 bridgehead atoms. The molecule has 1 aliphatic heterocycles. The molecule has 1 N–H and O–H groups in total. The summed E-state index contributed by atoms with van der Waals surface area (Å²) in [5.41, 5.74) is 1.19. The van der Waals surface area contributed by atoms with Crippen LogP contribution in [0.3, 0.4) is 0 Å². The van der Waals surface area contributed by atoms with Gasteiger partial charge in [0.1, 0.15) is 0 Å². The predicted molar refractivity (Wildman–Crippen MR) is 95.5 cm³/mol. The maximum atomic E-state index is 13.0. The van der Waals surface area contributed by atoms with Gasteiger partial charge >= 0.3 is 5.97 Å². The predicted octanol–water partition coefficient (Wildman–Crippen LogP) is 2.78. The number of carboxylic acid groups (broad SMARTS) is 1. The minimum atomic E-state index is -0.775. The van der Waals surface area contributed by atoms with Gasteiger partial charge in [0, 0.05) is 24.8 Å². The van der Waals surface area contributed by atoms with Crippen LogP contribution in [-0.2, 0) is 4.79 Å². The molecule has 0 unspecified atom stereocenters. The Kier molecular flexibility index (Phi) is 3.98. The number of likely N-dealkylation sites (tertiary alicyclic amines) is 1. The monoisotopic (exact) mass is 351 g/mol. The number of carbonyl (C=O) groups is 2. The van der Waals surface area contributed by atoms with E-state index >= 15 is 0 Å². The van der Waals surface area contributed by atoms with Gasteiger partial charge in [0.15, 0.2) is 5.82 Å². The fourth-order valence-corrected chi connectivity index (χ4v) is 4.37. The molecule has 6 nitrogen and oxygen atoms in total. The number of nitrogens with zero attached hydrogens (tertiary/aromatic N) is 3. The summed E-state index contributed by atoms with van der Waals surface area (Å²) in [5, 5.41) is 9.70. The fourth-order valence-electron chi connectivity index (χ4n) is 4.37. The lowest BCUT2D eigenvalue weighted by atomic mass is 9.81. The van der Waals surface area contributed by atoms with Crippen LogP contribution in [0.5, 0.6) is 0 Å². The van der Waals surface area contributed by atoms with Gasteiger partial charge in [-0.3, -0.25) is 9.59 Å². The van der Waals surface area contributed by atoms with E-state index in [4.69, 9.17) is 0 Å². The van der Waals surface area contributed by atoms with Crippen LogP contribution in [-0.4, -0.2) is 44.9 Å². The van der Waals surface area contributed by atoms with Crippen LogP contribution in [0.1, 0.15) is 35.3 Å². The van der Waals surface area contributed by atoms with Gasteiger partial charge in [-0.25, -0.2) is 9.97 Å². The second-order valence-electron chi connectivity index (χ2n) is 7.29. The van der Waals surface area contributed by atoms with Crippen molar-refractivity contribution in [3.63, 3.8) is 0 Å². The molecule has 2 fully saturated rings. The zero-order chi connectivity index (χ0) is 18.3. The smallest absolute Gasteiger partial charge is 0.311 e. The van der Waals surface area contributed by atoms with Gasteiger partial charge < -0.3 is 10.0 Å². The normalized spacial score (nSPS) is 24.5. The summed E-state index contributed by atoms with van der Waals surface area (Å²) in [5.74, 6) is -0.312. The topological polar surface area (TPSA) is 83.4 Å². The Morgan fingerprint density at radius 1 is 1.27 bits per heavy atom. The molecule has 1 amide bonds. The molecule has 0 spiro atoms. The van der Waals surface area contributed by atoms with Crippen molar-refractivity contribution < 1.29 is 14.7 Å². The lowest BCUT2D eigenvalue weighted by Crippen LogP contribution is -2.37. The number of aromatic nitrogens is 2. The zero-order valence-electron chi connectivity index (χ0n) is 14.7. The number of benzene rings is 1. The molecule has 2 atom stereocenters. The summed E-state index contributed by atoms with van der Waals surface area (Å²) in [6, 6.07) is 9.61. The van der Waals surface area contributed by atoms with E-state index in [1.807, 2.05) is 30.3 Å². The van der Waals surface area contributed by atoms with Gasteiger partial charge in [-0.2, -0.15) is 0 Å². The van der Waals surface area contributed by atoms with E-state index in [0.29, 0.717) is 30.0 Å². The number of carboxylic acids is 1. The first-order chi connectivity index (χ1) is 12.5. The zero-order valence-corrected chi connectivity index (χ0v) is 14.7. The lowest BCUT2D eigenvalue weighted by Gasteiger charge is -2.23. The summed E-state index contributed by atoms with van der Waals surface area (Å²) >= 11 is 0. The van der Waals surface area contributed by atoms with Crippen LogP contribution in [0.4, 0.5) is 0 Å². The number of rotatable bonds is 3. The molecule has 1 aliphatic carbocycles. The van der Waals surface area contributed by atoms with Crippen molar-refractivity contribution in [1.82, 2.24) is 14.9 Å². The van der Waals surface area contributed by atoms with Gasteiger partial charge in [-0.15, -0.1) is 0 Å². The lowest BCUT2D eigenvalue weighted by molar-refractivity contribution is -0.149. The first kappa shape index (κ1) is 16.7. The summed E-state index contributed by atoms with van der Waals surface area (Å²) in [4.78, 5) is 35.3. The summed E-state index contributed by atoms with van der Waals surface area (Å²) in [6.45, 7) is 2.59. The SMILES string of the molecule is Cc1nc(-c2ccccc2)ncc1C(=O)N1C[C@@H]2CCC[C@@]2(C(=O)O)C1. The molecule has 2 heterocycles. The second kappa shape index (κ2) is 6.20. The molecule has 1 aromatic carbocycles. The minimum absolute atomic E-state index is 0.0498. The van der Waals surface area contributed by atoms with E-state index in [9.17, 15) is 14.7 Å². The molecule has 1 saturated heterocycles. The van der Waals surface area contributed by atoms with E-state index < -0.39 is 11.4 Å². The third-order valence-corrected chi connectivity index (χ3v) is 5.83. The summed E-state index contributed by atoms with van der Waals surface area (Å²) in [6.07, 6.45) is 4.01. The van der Waals surface area contributed by atoms with Crippen LogP contribution < -0.4 is 0 Å². The molecule has 134 valence electrons. The highest BCUT2D eigenvalue weighted by Crippen LogP contribution is 2.49. The highest BCUT2D eigenvalue weighted by atomic mass is 16.4. The maximum absolute atomic E-state index is 13.0. The number of fused-ring (bicyclic) bond motifs is 1. The average Bonchev–Trinajstić information content (AvgIpc) is 3.20. The van der Waals surface area contributed by atoms with Gasteiger partial charge in [0.05, 0.1) is 16.7 Å². The van der Waals surface area contributed by atoms with Crippen molar-refractivity contribution in [3.8, 4) is 11.4 Å². The van der Waals surface area contributed by atoms with E-state index in [2.05, 4.69) is 9.97 Å². The Morgan fingerprint density at radius 3 is 2.69 bits per heavy atom. The standard InChI is InChI=1S/C20H21N3O3/c1-13-16(10-21-17(22-13)14-6-3-2-4-7-14)18(24)23-11-15-8-5-9-20(15,12-23)19(25)26/h2-4,6-7,10,15H,5,8-9,11-12H2,1H3,(H,25,26)/t15-,20+/m0/s1. The first-order valence-electron chi connectivity index (χ1n) is 8.93. The molecule has 1 aromatic heterocycles. The quantitative estimate of drug-likeness (QED) is 0.919. The van der Waals surface area contributed by atoms with Crippen molar-refractivity contribution in [2.24, 2.45) is 11.3 Å².